The fourth-order valence-electron chi connectivity index (χ4n) is 3.39. The van der Waals surface area contributed by atoms with E-state index in [0.717, 1.165) is 22.6 Å². The van der Waals surface area contributed by atoms with Crippen molar-refractivity contribution in [3.8, 4) is 11.6 Å². The number of benzene rings is 1. The number of amides is 1. The number of aromatic nitrogens is 4. The molecule has 0 unspecified atom stereocenters. The van der Waals surface area contributed by atoms with Crippen LogP contribution >= 0.6 is 0 Å². The normalized spacial score (nSPS) is 16.1. The second kappa shape index (κ2) is 6.14. The molecule has 8 heteroatoms. The number of ether oxygens (including phenoxy) is 1. The third-order valence-corrected chi connectivity index (χ3v) is 4.50. The highest BCUT2D eigenvalue weighted by Gasteiger charge is 2.34. The van der Waals surface area contributed by atoms with Crippen LogP contribution in [0.2, 0.25) is 0 Å². The first-order valence-electron chi connectivity index (χ1n) is 8.17. The van der Waals surface area contributed by atoms with Crippen LogP contribution in [0.1, 0.15) is 29.2 Å². The molecule has 0 spiro atoms. The lowest BCUT2D eigenvalue weighted by molar-refractivity contribution is -0.116. The zero-order valence-electron chi connectivity index (χ0n) is 14.3. The lowest BCUT2D eigenvalue weighted by Crippen LogP contribution is -2.25. The molecule has 3 aromatic rings. The van der Waals surface area contributed by atoms with Gasteiger partial charge in [0.25, 0.3) is 5.56 Å². The molecule has 1 atom stereocenters. The number of nitrogens with one attached hydrogen (secondary N) is 2. The van der Waals surface area contributed by atoms with Gasteiger partial charge in [0, 0.05) is 29.5 Å². The number of nitrogens with zero attached hydrogens (tertiary/aromatic N) is 3. The minimum Gasteiger partial charge on any atom is -0.496 e. The van der Waals surface area contributed by atoms with Gasteiger partial charge in [-0.25, -0.2) is 5.10 Å². The van der Waals surface area contributed by atoms with Gasteiger partial charge in [-0.05, 0) is 19.1 Å². The van der Waals surface area contributed by atoms with Crippen molar-refractivity contribution in [1.29, 1.82) is 0 Å². The van der Waals surface area contributed by atoms with Gasteiger partial charge in [0.15, 0.2) is 5.82 Å². The number of hydrogen-bond donors (Lipinski definition) is 2. The Balaban J connectivity index is 1.90. The van der Waals surface area contributed by atoms with Crippen molar-refractivity contribution in [2.24, 2.45) is 0 Å². The number of hydrogen-bond acceptors (Lipinski definition) is 5. The summed E-state index contributed by atoms with van der Waals surface area (Å²) in [6.07, 6.45) is 0.305. The van der Waals surface area contributed by atoms with Crippen LogP contribution in [0.3, 0.4) is 0 Å². The number of H-pyrrole nitrogens is 1. The standard InChI is InChI=1S/C18H17N5O3/c1-10-17-12(11-5-3-4-6-13(11)26-2)9-16(25)19-18(17)23(22-10)14-7-8-15(24)21-20-14/h3-8,12H,9H2,1-2H3,(H,19,25)(H,21,24)/t12-/m1/s1. The number of aromatic amines is 1. The summed E-state index contributed by atoms with van der Waals surface area (Å²) in [5, 5.41) is 13.8. The molecule has 132 valence electrons. The second-order valence-corrected chi connectivity index (χ2v) is 6.09. The number of para-hydroxylation sites is 1. The van der Waals surface area contributed by atoms with E-state index in [-0.39, 0.29) is 17.4 Å². The molecule has 8 nitrogen and oxygen atoms in total. The third kappa shape index (κ3) is 2.55. The van der Waals surface area contributed by atoms with E-state index in [1.807, 2.05) is 31.2 Å². The summed E-state index contributed by atoms with van der Waals surface area (Å²) in [5.41, 5.74) is 2.33. The quantitative estimate of drug-likeness (QED) is 0.748. The van der Waals surface area contributed by atoms with Crippen molar-refractivity contribution in [1.82, 2.24) is 20.0 Å². The minimum absolute atomic E-state index is 0.112. The van der Waals surface area contributed by atoms with Crippen LogP contribution in [0.5, 0.6) is 5.75 Å². The smallest absolute Gasteiger partial charge is 0.264 e. The molecule has 0 saturated heterocycles. The maximum Gasteiger partial charge on any atom is 0.264 e. The summed E-state index contributed by atoms with van der Waals surface area (Å²) in [5.74, 6) is 1.43. The van der Waals surface area contributed by atoms with Gasteiger partial charge >= 0.3 is 0 Å². The van der Waals surface area contributed by atoms with Crippen LogP contribution in [0.25, 0.3) is 5.82 Å². The van der Waals surface area contributed by atoms with Crippen molar-refractivity contribution >= 4 is 11.7 Å². The molecule has 0 fully saturated rings. The van der Waals surface area contributed by atoms with Gasteiger partial charge in [0.05, 0.1) is 12.8 Å². The minimum atomic E-state index is -0.303. The van der Waals surface area contributed by atoms with Crippen LogP contribution in [0.15, 0.2) is 41.2 Å². The van der Waals surface area contributed by atoms with Crippen LogP contribution in [0, 0.1) is 6.92 Å². The number of rotatable bonds is 3. The van der Waals surface area contributed by atoms with Gasteiger partial charge in [-0.3, -0.25) is 9.59 Å². The molecule has 2 aromatic heterocycles. The molecule has 26 heavy (non-hydrogen) atoms. The average molecular weight is 351 g/mol. The number of methoxy groups -OCH3 is 1. The van der Waals surface area contributed by atoms with E-state index in [0.29, 0.717) is 18.1 Å². The summed E-state index contributed by atoms with van der Waals surface area (Å²) in [6.45, 7) is 1.89. The first-order valence-corrected chi connectivity index (χ1v) is 8.17. The van der Waals surface area contributed by atoms with Gasteiger partial charge in [0.1, 0.15) is 11.6 Å². The van der Waals surface area contributed by atoms with E-state index in [9.17, 15) is 9.59 Å². The van der Waals surface area contributed by atoms with Crippen molar-refractivity contribution in [3.63, 3.8) is 0 Å². The van der Waals surface area contributed by atoms with Gasteiger partial charge in [-0.15, -0.1) is 0 Å². The molecular weight excluding hydrogens is 334 g/mol. The molecule has 1 aromatic carbocycles. The molecule has 0 radical (unpaired) electrons. The van der Waals surface area contributed by atoms with Gasteiger partial charge in [0.2, 0.25) is 5.91 Å². The largest absolute Gasteiger partial charge is 0.496 e. The predicted octanol–water partition coefficient (Wildman–Crippen LogP) is 1.75. The highest BCUT2D eigenvalue weighted by atomic mass is 16.5. The Kier molecular flexibility index (Phi) is 3.80. The Morgan fingerprint density at radius 3 is 2.73 bits per heavy atom. The maximum atomic E-state index is 12.4. The summed E-state index contributed by atoms with van der Waals surface area (Å²) in [4.78, 5) is 23.7. The summed E-state index contributed by atoms with van der Waals surface area (Å²) >= 11 is 0. The summed E-state index contributed by atoms with van der Waals surface area (Å²) in [6, 6.07) is 10.6. The van der Waals surface area contributed by atoms with Gasteiger partial charge in [-0.1, -0.05) is 18.2 Å². The molecule has 1 aliphatic heterocycles. The van der Waals surface area contributed by atoms with E-state index in [1.54, 1.807) is 17.9 Å². The first-order chi connectivity index (χ1) is 12.6. The van der Waals surface area contributed by atoms with E-state index in [4.69, 9.17) is 4.74 Å². The molecule has 4 rings (SSSR count). The van der Waals surface area contributed by atoms with Crippen molar-refractivity contribution in [2.75, 3.05) is 12.4 Å². The highest BCUT2D eigenvalue weighted by molar-refractivity contribution is 5.95. The Hall–Kier alpha value is -3.42. The number of carbonyl (C=O) groups is 1. The maximum absolute atomic E-state index is 12.4. The zero-order chi connectivity index (χ0) is 18.3. The van der Waals surface area contributed by atoms with Gasteiger partial charge < -0.3 is 10.1 Å². The van der Waals surface area contributed by atoms with Crippen molar-refractivity contribution in [2.45, 2.75) is 19.3 Å². The first kappa shape index (κ1) is 16.1. The highest BCUT2D eigenvalue weighted by Crippen LogP contribution is 2.42. The summed E-state index contributed by atoms with van der Waals surface area (Å²) < 4.78 is 7.02. The third-order valence-electron chi connectivity index (χ3n) is 4.50. The molecule has 2 N–H and O–H groups in total. The lowest BCUT2D eigenvalue weighted by atomic mass is 9.85. The molecule has 1 amide bonds. The SMILES string of the molecule is COc1ccccc1[C@H]1CC(=O)Nc2c1c(C)nn2-c1ccc(=O)[nH]n1. The lowest BCUT2D eigenvalue weighted by Gasteiger charge is -2.25. The van der Waals surface area contributed by atoms with Crippen molar-refractivity contribution < 1.29 is 9.53 Å². The van der Waals surface area contributed by atoms with E-state index >= 15 is 0 Å². The number of carbonyl (C=O) groups excluding carboxylic acids is 1. The van der Waals surface area contributed by atoms with E-state index < -0.39 is 0 Å². The van der Waals surface area contributed by atoms with Crippen molar-refractivity contribution in [3.05, 3.63) is 63.6 Å². The van der Waals surface area contributed by atoms with Crippen LogP contribution in [-0.4, -0.2) is 33.0 Å². The van der Waals surface area contributed by atoms with E-state index in [1.165, 1.54) is 6.07 Å². The Morgan fingerprint density at radius 1 is 1.19 bits per heavy atom. The Bertz CT molecular complexity index is 1030. The topological polar surface area (TPSA) is 102 Å². The molecule has 3 heterocycles. The van der Waals surface area contributed by atoms with Crippen LogP contribution in [-0.2, 0) is 4.79 Å². The zero-order valence-corrected chi connectivity index (χ0v) is 14.3. The molecule has 0 aliphatic carbocycles. The van der Waals surface area contributed by atoms with Crippen LogP contribution < -0.4 is 15.6 Å². The van der Waals surface area contributed by atoms with E-state index in [2.05, 4.69) is 20.6 Å². The monoisotopic (exact) mass is 351 g/mol. The van der Waals surface area contributed by atoms with Gasteiger partial charge in [-0.2, -0.15) is 14.9 Å². The number of fused-ring (bicyclic) bond motifs is 1. The predicted molar refractivity (Wildman–Crippen MR) is 94.8 cm³/mol. The molecule has 0 saturated carbocycles. The Labute approximate surface area is 148 Å². The molecule has 0 bridgehead atoms. The molecular formula is C18H17N5O3. The second-order valence-electron chi connectivity index (χ2n) is 6.09. The Morgan fingerprint density at radius 2 is 2.00 bits per heavy atom. The fourth-order valence-corrected chi connectivity index (χ4v) is 3.39. The average Bonchev–Trinajstić information content (AvgIpc) is 2.98. The van der Waals surface area contributed by atoms with Crippen LogP contribution in [0.4, 0.5) is 5.82 Å². The number of aryl methyl sites for hydroxylation is 1. The fraction of sp³-hybridized carbons (Fsp3) is 0.222. The summed E-state index contributed by atoms with van der Waals surface area (Å²) in [7, 11) is 1.61. The molecule has 1 aliphatic rings. The number of anilines is 1.